The molecule has 0 amide bonds. The highest BCUT2D eigenvalue weighted by molar-refractivity contribution is 7.89. The molecular formula is C12H17NO2S. The van der Waals surface area contributed by atoms with Crippen LogP contribution in [0.3, 0.4) is 0 Å². The van der Waals surface area contributed by atoms with E-state index in [9.17, 15) is 8.42 Å². The summed E-state index contributed by atoms with van der Waals surface area (Å²) >= 11 is 0. The Morgan fingerprint density at radius 2 is 2.12 bits per heavy atom. The van der Waals surface area contributed by atoms with Gasteiger partial charge in [0.15, 0.2) is 0 Å². The minimum Gasteiger partial charge on any atom is -0.212 e. The number of hydrogen-bond donors (Lipinski definition) is 1. The molecule has 0 saturated heterocycles. The largest absolute Gasteiger partial charge is 0.212 e. The molecule has 88 valence electrons. The van der Waals surface area contributed by atoms with Gasteiger partial charge in [0.2, 0.25) is 10.0 Å². The van der Waals surface area contributed by atoms with Gasteiger partial charge >= 0.3 is 0 Å². The van der Waals surface area contributed by atoms with Crippen LogP contribution >= 0.6 is 0 Å². The van der Waals surface area contributed by atoms with Gasteiger partial charge in [-0.15, -0.1) is 0 Å². The zero-order valence-electron chi connectivity index (χ0n) is 9.44. The molecule has 3 nitrogen and oxygen atoms in total. The van der Waals surface area contributed by atoms with Crippen molar-refractivity contribution in [3.8, 4) is 0 Å². The molecule has 1 aromatic rings. The monoisotopic (exact) mass is 239 g/mol. The number of fused-ring (bicyclic) bond motifs is 1. The molecule has 1 aromatic carbocycles. The molecule has 0 aromatic heterocycles. The number of benzene rings is 1. The summed E-state index contributed by atoms with van der Waals surface area (Å²) in [5, 5.41) is 0. The van der Waals surface area contributed by atoms with Gasteiger partial charge in [0.1, 0.15) is 0 Å². The van der Waals surface area contributed by atoms with Crippen molar-refractivity contribution in [3.05, 3.63) is 35.4 Å². The molecule has 16 heavy (non-hydrogen) atoms. The van der Waals surface area contributed by atoms with E-state index in [1.54, 1.807) is 6.92 Å². The SMILES string of the molecule is CCS(=O)(=O)N[C@@H]1CCCc2ccccc21. The maximum Gasteiger partial charge on any atom is 0.211 e. The zero-order valence-corrected chi connectivity index (χ0v) is 10.3. The molecule has 0 aliphatic heterocycles. The third-order valence-corrected chi connectivity index (χ3v) is 4.47. The summed E-state index contributed by atoms with van der Waals surface area (Å²) in [5.74, 6) is 0.145. The highest BCUT2D eigenvalue weighted by Gasteiger charge is 2.23. The predicted octanol–water partition coefficient (Wildman–Crippen LogP) is 2.00. The van der Waals surface area contributed by atoms with E-state index in [1.165, 1.54) is 5.56 Å². The van der Waals surface area contributed by atoms with Crippen LogP contribution in [-0.2, 0) is 16.4 Å². The van der Waals surface area contributed by atoms with E-state index in [-0.39, 0.29) is 11.8 Å². The summed E-state index contributed by atoms with van der Waals surface area (Å²) < 4.78 is 25.9. The summed E-state index contributed by atoms with van der Waals surface area (Å²) in [5.41, 5.74) is 2.42. The first-order valence-electron chi connectivity index (χ1n) is 5.70. The van der Waals surface area contributed by atoms with Crippen LogP contribution in [0.1, 0.15) is 36.9 Å². The number of aryl methyl sites for hydroxylation is 1. The van der Waals surface area contributed by atoms with Crippen molar-refractivity contribution in [1.29, 1.82) is 0 Å². The van der Waals surface area contributed by atoms with E-state index in [4.69, 9.17) is 0 Å². The molecule has 1 aliphatic carbocycles. The Morgan fingerprint density at radius 1 is 1.38 bits per heavy atom. The Hall–Kier alpha value is -0.870. The Morgan fingerprint density at radius 3 is 2.88 bits per heavy atom. The number of hydrogen-bond acceptors (Lipinski definition) is 2. The topological polar surface area (TPSA) is 46.2 Å². The molecule has 0 bridgehead atoms. The zero-order chi connectivity index (χ0) is 11.6. The van der Waals surface area contributed by atoms with Crippen LogP contribution in [0.2, 0.25) is 0 Å². The second kappa shape index (κ2) is 4.55. The maximum atomic E-state index is 11.6. The summed E-state index contributed by atoms with van der Waals surface area (Å²) in [6.45, 7) is 1.66. The molecule has 0 heterocycles. The molecule has 1 aliphatic rings. The Balaban J connectivity index is 2.26. The van der Waals surface area contributed by atoms with Crippen molar-refractivity contribution in [2.75, 3.05) is 5.75 Å². The molecule has 0 spiro atoms. The van der Waals surface area contributed by atoms with E-state index in [0.29, 0.717) is 0 Å². The van der Waals surface area contributed by atoms with Crippen LogP contribution in [0.25, 0.3) is 0 Å². The van der Waals surface area contributed by atoms with E-state index in [0.717, 1.165) is 24.8 Å². The van der Waals surface area contributed by atoms with Crippen molar-refractivity contribution in [2.45, 2.75) is 32.2 Å². The smallest absolute Gasteiger partial charge is 0.211 e. The van der Waals surface area contributed by atoms with Crippen LogP contribution in [0, 0.1) is 0 Å². The predicted molar refractivity (Wildman–Crippen MR) is 64.7 cm³/mol. The summed E-state index contributed by atoms with van der Waals surface area (Å²) in [6.07, 6.45) is 3.00. The minimum absolute atomic E-state index is 0.0325. The van der Waals surface area contributed by atoms with Gasteiger partial charge in [-0.3, -0.25) is 0 Å². The van der Waals surface area contributed by atoms with E-state index in [1.807, 2.05) is 18.2 Å². The van der Waals surface area contributed by atoms with Gasteiger partial charge in [0.25, 0.3) is 0 Å². The third kappa shape index (κ3) is 2.44. The fourth-order valence-corrected chi connectivity index (χ4v) is 3.02. The van der Waals surface area contributed by atoms with E-state index >= 15 is 0 Å². The van der Waals surface area contributed by atoms with Gasteiger partial charge in [-0.05, 0) is 37.3 Å². The lowest BCUT2D eigenvalue weighted by atomic mass is 9.88. The average Bonchev–Trinajstić information content (AvgIpc) is 2.29. The molecule has 1 atom stereocenters. The lowest BCUT2D eigenvalue weighted by Gasteiger charge is -2.25. The number of nitrogens with one attached hydrogen (secondary N) is 1. The van der Waals surface area contributed by atoms with Gasteiger partial charge in [-0.1, -0.05) is 24.3 Å². The third-order valence-electron chi connectivity index (χ3n) is 3.07. The lowest BCUT2D eigenvalue weighted by Crippen LogP contribution is -2.32. The van der Waals surface area contributed by atoms with Crippen molar-refractivity contribution in [2.24, 2.45) is 0 Å². The fourth-order valence-electron chi connectivity index (χ4n) is 2.18. The first kappa shape index (κ1) is 11.6. The van der Waals surface area contributed by atoms with Crippen molar-refractivity contribution in [1.82, 2.24) is 4.72 Å². The van der Waals surface area contributed by atoms with Crippen LogP contribution < -0.4 is 4.72 Å². The lowest BCUT2D eigenvalue weighted by molar-refractivity contribution is 0.508. The van der Waals surface area contributed by atoms with Gasteiger partial charge in [0.05, 0.1) is 5.75 Å². The van der Waals surface area contributed by atoms with Crippen molar-refractivity contribution >= 4 is 10.0 Å². The number of sulfonamides is 1. The van der Waals surface area contributed by atoms with Crippen LogP contribution in [0.5, 0.6) is 0 Å². The fraction of sp³-hybridized carbons (Fsp3) is 0.500. The molecule has 1 N–H and O–H groups in total. The Bertz CT molecular complexity index is 468. The average molecular weight is 239 g/mol. The molecule has 0 radical (unpaired) electrons. The minimum atomic E-state index is -3.11. The Kier molecular flexibility index (Phi) is 3.30. The van der Waals surface area contributed by atoms with Crippen LogP contribution in [0.15, 0.2) is 24.3 Å². The van der Waals surface area contributed by atoms with Crippen LogP contribution in [-0.4, -0.2) is 14.2 Å². The Labute approximate surface area is 96.9 Å². The molecule has 0 fully saturated rings. The molecular weight excluding hydrogens is 222 g/mol. The van der Waals surface area contributed by atoms with Crippen molar-refractivity contribution in [3.63, 3.8) is 0 Å². The molecule has 4 heteroatoms. The summed E-state index contributed by atoms with van der Waals surface area (Å²) in [7, 11) is -3.11. The summed E-state index contributed by atoms with van der Waals surface area (Å²) in [6, 6.07) is 8.06. The van der Waals surface area contributed by atoms with Gasteiger partial charge < -0.3 is 0 Å². The molecule has 0 saturated carbocycles. The maximum absolute atomic E-state index is 11.6. The first-order valence-corrected chi connectivity index (χ1v) is 7.35. The van der Waals surface area contributed by atoms with Gasteiger partial charge in [-0.2, -0.15) is 0 Å². The second-order valence-corrected chi connectivity index (χ2v) is 6.21. The van der Waals surface area contributed by atoms with Gasteiger partial charge in [0, 0.05) is 6.04 Å². The quantitative estimate of drug-likeness (QED) is 0.877. The highest BCUT2D eigenvalue weighted by Crippen LogP contribution is 2.29. The highest BCUT2D eigenvalue weighted by atomic mass is 32.2. The van der Waals surface area contributed by atoms with E-state index < -0.39 is 10.0 Å². The second-order valence-electron chi connectivity index (χ2n) is 4.16. The number of rotatable bonds is 3. The summed E-state index contributed by atoms with van der Waals surface area (Å²) in [4.78, 5) is 0. The first-order chi connectivity index (χ1) is 7.62. The van der Waals surface area contributed by atoms with E-state index in [2.05, 4.69) is 10.8 Å². The standard InChI is InChI=1S/C12H17NO2S/c1-2-16(14,15)13-12-9-5-7-10-6-3-4-8-11(10)12/h3-4,6,8,12-13H,2,5,7,9H2,1H3/t12-/m1/s1. The normalized spacial score (nSPS) is 20.4. The van der Waals surface area contributed by atoms with Gasteiger partial charge in [-0.25, -0.2) is 13.1 Å². The van der Waals surface area contributed by atoms with Crippen LogP contribution in [0.4, 0.5) is 0 Å². The van der Waals surface area contributed by atoms with Crippen molar-refractivity contribution < 1.29 is 8.42 Å². The molecule has 2 rings (SSSR count). The molecule has 0 unspecified atom stereocenters.